The smallest absolute Gasteiger partial charge is 0.0626 e. The average Bonchev–Trinajstić information content (AvgIpc) is 2.10. The normalized spacial score (nSPS) is 12.9. The van der Waals surface area contributed by atoms with Crippen molar-refractivity contribution < 1.29 is 5.11 Å². The number of aliphatic hydroxyl groups is 1. The van der Waals surface area contributed by atoms with Crippen LogP contribution in [0.3, 0.4) is 0 Å². The van der Waals surface area contributed by atoms with Crippen LogP contribution in [0.1, 0.15) is 22.7 Å². The van der Waals surface area contributed by atoms with Crippen molar-refractivity contribution in [3.8, 4) is 0 Å². The van der Waals surface area contributed by atoms with E-state index in [2.05, 4.69) is 37.4 Å². The van der Waals surface area contributed by atoms with Gasteiger partial charge in [-0.05, 0) is 32.0 Å². The van der Waals surface area contributed by atoms with Crippen molar-refractivity contribution in [2.45, 2.75) is 19.9 Å². The minimum atomic E-state index is 0.0561. The maximum Gasteiger partial charge on any atom is 0.0626 e. The first kappa shape index (κ1) is 10.2. The van der Waals surface area contributed by atoms with Crippen LogP contribution in [-0.2, 0) is 0 Å². The highest BCUT2D eigenvalue weighted by Gasteiger charge is 2.09. The number of hydrogen-bond acceptors (Lipinski definition) is 2. The zero-order chi connectivity index (χ0) is 9.84. The van der Waals surface area contributed by atoms with Crippen molar-refractivity contribution in [3.05, 3.63) is 34.9 Å². The summed E-state index contributed by atoms with van der Waals surface area (Å²) in [6.07, 6.45) is 0. The highest BCUT2D eigenvalue weighted by atomic mass is 16.3. The first-order chi connectivity index (χ1) is 6.19. The predicted molar refractivity (Wildman–Crippen MR) is 54.8 cm³/mol. The molecular formula is C11H17NO. The molecule has 0 heterocycles. The fourth-order valence-corrected chi connectivity index (χ4v) is 1.56. The molecule has 13 heavy (non-hydrogen) atoms. The van der Waals surface area contributed by atoms with Crippen molar-refractivity contribution in [1.82, 2.24) is 5.32 Å². The first-order valence-electron chi connectivity index (χ1n) is 4.54. The van der Waals surface area contributed by atoms with Crippen molar-refractivity contribution >= 4 is 0 Å². The summed E-state index contributed by atoms with van der Waals surface area (Å²) in [5, 5.41) is 12.2. The molecule has 0 saturated heterocycles. The summed E-state index contributed by atoms with van der Waals surface area (Å²) in [5.41, 5.74) is 3.66. The Hall–Kier alpha value is -0.860. The van der Waals surface area contributed by atoms with Crippen molar-refractivity contribution in [1.29, 1.82) is 0 Å². The molecular weight excluding hydrogens is 162 g/mol. The highest BCUT2D eigenvalue weighted by molar-refractivity contribution is 5.32. The summed E-state index contributed by atoms with van der Waals surface area (Å²) >= 11 is 0. The van der Waals surface area contributed by atoms with Gasteiger partial charge in [-0.2, -0.15) is 0 Å². The Morgan fingerprint density at radius 2 is 2.08 bits per heavy atom. The summed E-state index contributed by atoms with van der Waals surface area (Å²) < 4.78 is 0. The molecule has 0 radical (unpaired) electrons. The van der Waals surface area contributed by atoms with Crippen molar-refractivity contribution in [3.63, 3.8) is 0 Å². The number of nitrogens with one attached hydrogen (secondary N) is 1. The molecule has 1 aromatic carbocycles. The number of aliphatic hydroxyl groups excluding tert-OH is 1. The molecule has 2 nitrogen and oxygen atoms in total. The van der Waals surface area contributed by atoms with Crippen LogP contribution in [0.4, 0.5) is 0 Å². The van der Waals surface area contributed by atoms with E-state index >= 15 is 0 Å². The first-order valence-corrected chi connectivity index (χ1v) is 4.54. The van der Waals surface area contributed by atoms with Gasteiger partial charge in [0.2, 0.25) is 0 Å². The number of aryl methyl sites for hydroxylation is 2. The standard InChI is InChI=1S/C11H17NO/c1-8-4-5-10(9(2)6-8)11(7-13)12-3/h4-6,11-13H,7H2,1-3H3/t11-/m1/s1. The van der Waals surface area contributed by atoms with Crippen LogP contribution in [0.15, 0.2) is 18.2 Å². The third kappa shape index (κ3) is 2.29. The molecule has 0 saturated carbocycles. The lowest BCUT2D eigenvalue weighted by atomic mass is 10.00. The maximum absolute atomic E-state index is 9.11. The molecule has 0 spiro atoms. The van der Waals surface area contributed by atoms with Gasteiger partial charge in [0.05, 0.1) is 12.6 Å². The van der Waals surface area contributed by atoms with Crippen molar-refractivity contribution in [2.24, 2.45) is 0 Å². The van der Waals surface area contributed by atoms with Crippen LogP contribution >= 0.6 is 0 Å². The molecule has 1 rings (SSSR count). The molecule has 0 aromatic heterocycles. The summed E-state index contributed by atoms with van der Waals surface area (Å²) in [6, 6.07) is 6.33. The lowest BCUT2D eigenvalue weighted by Crippen LogP contribution is -2.20. The molecule has 0 amide bonds. The van der Waals surface area contributed by atoms with Gasteiger partial charge in [-0.15, -0.1) is 0 Å². The molecule has 1 aromatic rings. The monoisotopic (exact) mass is 179 g/mol. The number of rotatable bonds is 3. The third-order valence-electron chi connectivity index (χ3n) is 2.33. The third-order valence-corrected chi connectivity index (χ3v) is 2.33. The Kier molecular flexibility index (Phi) is 3.46. The molecule has 0 unspecified atom stereocenters. The van der Waals surface area contributed by atoms with Gasteiger partial charge >= 0.3 is 0 Å². The van der Waals surface area contributed by atoms with Gasteiger partial charge in [-0.1, -0.05) is 23.8 Å². The van der Waals surface area contributed by atoms with Crippen LogP contribution in [-0.4, -0.2) is 18.8 Å². The fraction of sp³-hybridized carbons (Fsp3) is 0.455. The van der Waals surface area contributed by atoms with Crippen LogP contribution < -0.4 is 5.32 Å². The van der Waals surface area contributed by atoms with Gasteiger partial charge in [0.25, 0.3) is 0 Å². The average molecular weight is 179 g/mol. The van der Waals surface area contributed by atoms with E-state index in [1.165, 1.54) is 16.7 Å². The largest absolute Gasteiger partial charge is 0.394 e. The molecule has 2 heteroatoms. The second kappa shape index (κ2) is 4.40. The van der Waals surface area contributed by atoms with E-state index in [1.54, 1.807) is 0 Å². The number of likely N-dealkylation sites (N-methyl/N-ethyl adjacent to an activating group) is 1. The van der Waals surface area contributed by atoms with Gasteiger partial charge in [0, 0.05) is 0 Å². The van der Waals surface area contributed by atoms with E-state index in [9.17, 15) is 0 Å². The Morgan fingerprint density at radius 1 is 1.38 bits per heavy atom. The van der Waals surface area contributed by atoms with E-state index in [-0.39, 0.29) is 12.6 Å². The molecule has 0 bridgehead atoms. The lowest BCUT2D eigenvalue weighted by molar-refractivity contribution is 0.250. The van der Waals surface area contributed by atoms with E-state index < -0.39 is 0 Å². The Balaban J connectivity index is 2.99. The zero-order valence-electron chi connectivity index (χ0n) is 8.46. The van der Waals surface area contributed by atoms with E-state index in [0.717, 1.165) is 0 Å². The van der Waals surface area contributed by atoms with Gasteiger partial charge < -0.3 is 10.4 Å². The van der Waals surface area contributed by atoms with Crippen LogP contribution in [0.2, 0.25) is 0 Å². The quantitative estimate of drug-likeness (QED) is 0.738. The minimum Gasteiger partial charge on any atom is -0.394 e. The summed E-state index contributed by atoms with van der Waals surface area (Å²) in [6.45, 7) is 4.28. The molecule has 1 atom stereocenters. The van der Waals surface area contributed by atoms with Crippen LogP contribution in [0.25, 0.3) is 0 Å². The molecule has 0 aliphatic carbocycles. The topological polar surface area (TPSA) is 32.3 Å². The minimum absolute atomic E-state index is 0.0561. The molecule has 72 valence electrons. The second-order valence-corrected chi connectivity index (χ2v) is 3.38. The summed E-state index contributed by atoms with van der Waals surface area (Å²) in [7, 11) is 1.86. The van der Waals surface area contributed by atoms with Gasteiger partial charge in [-0.3, -0.25) is 0 Å². The summed E-state index contributed by atoms with van der Waals surface area (Å²) in [5.74, 6) is 0. The highest BCUT2D eigenvalue weighted by Crippen LogP contribution is 2.17. The molecule has 0 aliphatic rings. The Bertz CT molecular complexity index is 279. The van der Waals surface area contributed by atoms with Gasteiger partial charge in [0.15, 0.2) is 0 Å². The lowest BCUT2D eigenvalue weighted by Gasteiger charge is -2.16. The number of hydrogen-bond donors (Lipinski definition) is 2. The Morgan fingerprint density at radius 3 is 2.54 bits per heavy atom. The van der Waals surface area contributed by atoms with Gasteiger partial charge in [0.1, 0.15) is 0 Å². The zero-order valence-corrected chi connectivity index (χ0v) is 8.46. The van der Waals surface area contributed by atoms with Crippen LogP contribution in [0, 0.1) is 13.8 Å². The van der Waals surface area contributed by atoms with E-state index in [0.29, 0.717) is 0 Å². The molecule has 2 N–H and O–H groups in total. The fourth-order valence-electron chi connectivity index (χ4n) is 1.56. The van der Waals surface area contributed by atoms with E-state index in [1.807, 2.05) is 7.05 Å². The van der Waals surface area contributed by atoms with E-state index in [4.69, 9.17) is 5.11 Å². The Labute approximate surface area is 79.6 Å². The maximum atomic E-state index is 9.11. The second-order valence-electron chi connectivity index (χ2n) is 3.38. The number of benzene rings is 1. The van der Waals surface area contributed by atoms with Gasteiger partial charge in [-0.25, -0.2) is 0 Å². The van der Waals surface area contributed by atoms with Crippen LogP contribution in [0.5, 0.6) is 0 Å². The predicted octanol–water partition coefficient (Wildman–Crippen LogP) is 1.56. The molecule has 0 aliphatic heterocycles. The summed E-state index contributed by atoms with van der Waals surface area (Å²) in [4.78, 5) is 0. The van der Waals surface area contributed by atoms with Crippen molar-refractivity contribution in [2.75, 3.05) is 13.7 Å². The molecule has 0 fully saturated rings. The SMILES string of the molecule is CN[C@H](CO)c1ccc(C)cc1C.